The first-order valence-corrected chi connectivity index (χ1v) is 9.74. The molecule has 0 aromatic carbocycles. The number of anilines is 2. The number of hydrogen-bond donors (Lipinski definition) is 1. The van der Waals surface area contributed by atoms with Crippen LogP contribution in [0.15, 0.2) is 48.2 Å². The SMILES string of the molecule is c1ccc(Oc2cnc(Nc3nccs3)c(OCC3CCCCO3)c2)nc1. The van der Waals surface area contributed by atoms with Crippen LogP contribution in [0.3, 0.4) is 0 Å². The van der Waals surface area contributed by atoms with Crippen molar-refractivity contribution in [3.8, 4) is 17.4 Å². The van der Waals surface area contributed by atoms with Crippen molar-refractivity contribution in [1.29, 1.82) is 0 Å². The summed E-state index contributed by atoms with van der Waals surface area (Å²) in [6.07, 6.45) is 8.44. The Kier molecular flexibility index (Phi) is 5.76. The van der Waals surface area contributed by atoms with E-state index in [1.807, 2.05) is 17.5 Å². The Hall–Kier alpha value is -2.71. The van der Waals surface area contributed by atoms with Crippen molar-refractivity contribution >= 4 is 22.3 Å². The number of thiazole rings is 1. The largest absolute Gasteiger partial charge is 0.487 e. The molecule has 0 radical (unpaired) electrons. The Bertz CT molecular complexity index is 839. The highest BCUT2D eigenvalue weighted by Gasteiger charge is 2.17. The first kappa shape index (κ1) is 17.7. The van der Waals surface area contributed by atoms with Gasteiger partial charge < -0.3 is 19.5 Å². The number of pyridine rings is 2. The van der Waals surface area contributed by atoms with Crippen LogP contribution >= 0.6 is 11.3 Å². The molecule has 0 spiro atoms. The van der Waals surface area contributed by atoms with Crippen molar-refractivity contribution in [2.24, 2.45) is 0 Å². The van der Waals surface area contributed by atoms with E-state index in [9.17, 15) is 0 Å². The monoisotopic (exact) mass is 384 g/mol. The van der Waals surface area contributed by atoms with Crippen molar-refractivity contribution in [1.82, 2.24) is 15.0 Å². The second kappa shape index (κ2) is 8.79. The first-order chi connectivity index (χ1) is 13.4. The van der Waals surface area contributed by atoms with Gasteiger partial charge in [0.2, 0.25) is 5.88 Å². The lowest BCUT2D eigenvalue weighted by atomic mass is 10.1. The third-order valence-electron chi connectivity index (χ3n) is 4.04. The van der Waals surface area contributed by atoms with Gasteiger partial charge in [0.25, 0.3) is 0 Å². The van der Waals surface area contributed by atoms with Gasteiger partial charge in [0.05, 0.1) is 12.3 Å². The topological polar surface area (TPSA) is 78.4 Å². The van der Waals surface area contributed by atoms with Gasteiger partial charge in [0.15, 0.2) is 22.4 Å². The van der Waals surface area contributed by atoms with Crippen LogP contribution in [0.2, 0.25) is 0 Å². The summed E-state index contributed by atoms with van der Waals surface area (Å²) >= 11 is 1.50. The van der Waals surface area contributed by atoms with Crippen LogP contribution in [-0.2, 0) is 4.74 Å². The number of hydrogen-bond acceptors (Lipinski definition) is 8. The van der Waals surface area contributed by atoms with Crippen LogP contribution in [-0.4, -0.2) is 34.3 Å². The van der Waals surface area contributed by atoms with Gasteiger partial charge in [-0.2, -0.15) is 0 Å². The smallest absolute Gasteiger partial charge is 0.219 e. The van der Waals surface area contributed by atoms with Crippen LogP contribution in [0.5, 0.6) is 17.4 Å². The van der Waals surface area contributed by atoms with E-state index in [1.165, 1.54) is 17.8 Å². The van der Waals surface area contributed by atoms with Crippen LogP contribution in [0.25, 0.3) is 0 Å². The number of rotatable bonds is 7. The Morgan fingerprint density at radius 3 is 2.96 bits per heavy atom. The molecule has 3 aromatic heterocycles. The van der Waals surface area contributed by atoms with Gasteiger partial charge in [-0.15, -0.1) is 11.3 Å². The highest BCUT2D eigenvalue weighted by Crippen LogP contribution is 2.32. The molecule has 4 rings (SSSR count). The molecule has 7 nitrogen and oxygen atoms in total. The molecule has 4 heterocycles. The average molecular weight is 384 g/mol. The number of ether oxygens (including phenoxy) is 3. The molecular weight excluding hydrogens is 364 g/mol. The van der Waals surface area contributed by atoms with E-state index < -0.39 is 0 Å². The molecule has 1 aliphatic heterocycles. The normalized spacial score (nSPS) is 16.7. The van der Waals surface area contributed by atoms with Crippen molar-refractivity contribution in [2.45, 2.75) is 25.4 Å². The molecule has 1 aliphatic rings. The fourth-order valence-electron chi connectivity index (χ4n) is 2.72. The maximum absolute atomic E-state index is 6.03. The highest BCUT2D eigenvalue weighted by atomic mass is 32.1. The molecule has 1 saturated heterocycles. The van der Waals surface area contributed by atoms with E-state index in [2.05, 4.69) is 20.3 Å². The molecule has 27 heavy (non-hydrogen) atoms. The van der Waals surface area contributed by atoms with E-state index in [0.717, 1.165) is 24.6 Å². The summed E-state index contributed by atoms with van der Waals surface area (Å²) in [4.78, 5) is 12.9. The molecule has 0 amide bonds. The summed E-state index contributed by atoms with van der Waals surface area (Å²) in [5.41, 5.74) is 0. The second-order valence-corrected chi connectivity index (χ2v) is 6.94. The van der Waals surface area contributed by atoms with Crippen molar-refractivity contribution in [2.75, 3.05) is 18.5 Å². The van der Waals surface area contributed by atoms with E-state index >= 15 is 0 Å². The van der Waals surface area contributed by atoms with Crippen molar-refractivity contribution < 1.29 is 14.2 Å². The maximum atomic E-state index is 6.03. The van der Waals surface area contributed by atoms with Gasteiger partial charge in [0, 0.05) is 36.5 Å². The minimum absolute atomic E-state index is 0.104. The summed E-state index contributed by atoms with van der Waals surface area (Å²) in [6.45, 7) is 1.26. The Labute approximate surface area is 161 Å². The van der Waals surface area contributed by atoms with Crippen LogP contribution < -0.4 is 14.8 Å². The Balaban J connectivity index is 1.52. The molecule has 1 unspecified atom stereocenters. The quantitative estimate of drug-likeness (QED) is 0.646. The standard InChI is InChI=1S/C19H20N4O3S/c1-3-7-20-17(6-1)26-15-11-16(25-13-14-5-2-4-9-24-14)18(22-12-15)23-19-21-8-10-27-19/h1,3,6-8,10-12,14H,2,4-5,9,13H2,(H,21,22,23). The van der Waals surface area contributed by atoms with E-state index in [4.69, 9.17) is 14.2 Å². The van der Waals surface area contributed by atoms with Crippen LogP contribution in [0.4, 0.5) is 10.9 Å². The fourth-order valence-corrected chi connectivity index (χ4v) is 3.25. The van der Waals surface area contributed by atoms with Crippen LogP contribution in [0.1, 0.15) is 19.3 Å². The predicted octanol–water partition coefficient (Wildman–Crippen LogP) is 4.42. The average Bonchev–Trinajstić information content (AvgIpc) is 3.23. The molecule has 8 heteroatoms. The second-order valence-electron chi connectivity index (χ2n) is 6.05. The van der Waals surface area contributed by atoms with Crippen molar-refractivity contribution in [3.63, 3.8) is 0 Å². The molecule has 1 atom stereocenters. The number of nitrogens with zero attached hydrogens (tertiary/aromatic N) is 3. The van der Waals surface area contributed by atoms with Gasteiger partial charge in [-0.1, -0.05) is 6.07 Å². The maximum Gasteiger partial charge on any atom is 0.219 e. The molecule has 3 aromatic rings. The number of aromatic nitrogens is 3. The predicted molar refractivity (Wildman–Crippen MR) is 103 cm³/mol. The number of nitrogens with one attached hydrogen (secondary N) is 1. The summed E-state index contributed by atoms with van der Waals surface area (Å²) < 4.78 is 17.6. The van der Waals surface area contributed by atoms with Gasteiger partial charge in [-0.3, -0.25) is 0 Å². The molecule has 0 aliphatic carbocycles. The minimum atomic E-state index is 0.104. The summed E-state index contributed by atoms with van der Waals surface area (Å²) in [5, 5.41) is 5.84. The van der Waals surface area contributed by atoms with E-state index in [1.54, 1.807) is 30.7 Å². The zero-order valence-electron chi connectivity index (χ0n) is 14.7. The van der Waals surface area contributed by atoms with Gasteiger partial charge >= 0.3 is 0 Å². The molecule has 1 N–H and O–H groups in total. The lowest BCUT2D eigenvalue weighted by Gasteiger charge is -2.23. The lowest BCUT2D eigenvalue weighted by Crippen LogP contribution is -2.26. The van der Waals surface area contributed by atoms with Gasteiger partial charge in [0.1, 0.15) is 6.61 Å². The molecule has 140 valence electrons. The Morgan fingerprint density at radius 2 is 2.19 bits per heavy atom. The fraction of sp³-hybridized carbons (Fsp3) is 0.316. The Morgan fingerprint density at radius 1 is 1.19 bits per heavy atom. The van der Waals surface area contributed by atoms with E-state index in [-0.39, 0.29) is 6.10 Å². The molecule has 1 fully saturated rings. The zero-order valence-corrected chi connectivity index (χ0v) is 15.5. The lowest BCUT2D eigenvalue weighted by molar-refractivity contribution is -0.0110. The van der Waals surface area contributed by atoms with Crippen LogP contribution in [0, 0.1) is 0 Å². The highest BCUT2D eigenvalue weighted by molar-refractivity contribution is 7.13. The third kappa shape index (κ3) is 4.93. The van der Waals surface area contributed by atoms with Gasteiger partial charge in [-0.05, 0) is 25.3 Å². The summed E-state index contributed by atoms with van der Waals surface area (Å²) in [6, 6.07) is 7.30. The molecule has 0 saturated carbocycles. The minimum Gasteiger partial charge on any atom is -0.487 e. The van der Waals surface area contributed by atoms with Gasteiger partial charge in [-0.25, -0.2) is 15.0 Å². The zero-order chi connectivity index (χ0) is 18.3. The van der Waals surface area contributed by atoms with E-state index in [0.29, 0.717) is 29.8 Å². The molecular formula is C19H20N4O3S. The van der Waals surface area contributed by atoms with Crippen molar-refractivity contribution in [3.05, 3.63) is 48.2 Å². The third-order valence-corrected chi connectivity index (χ3v) is 4.73. The molecule has 0 bridgehead atoms. The summed E-state index contributed by atoms with van der Waals surface area (Å²) in [5.74, 6) is 2.24. The summed E-state index contributed by atoms with van der Waals surface area (Å²) in [7, 11) is 0. The first-order valence-electron chi connectivity index (χ1n) is 8.87.